The van der Waals surface area contributed by atoms with E-state index in [4.69, 9.17) is 5.73 Å². The predicted octanol–water partition coefficient (Wildman–Crippen LogP) is -1.95. The van der Waals surface area contributed by atoms with Crippen LogP contribution >= 0.6 is 0 Å². The molecule has 1 aromatic heterocycles. The smallest absolute Gasteiger partial charge is 0.319 e. The summed E-state index contributed by atoms with van der Waals surface area (Å²) in [6.45, 7) is 3.23. The number of methoxy groups -OCH3 is 1. The number of ether oxygens (including phenoxy) is 1. The first-order valence-corrected chi connectivity index (χ1v) is 6.78. The number of rotatable bonds is 5. The maximum atomic E-state index is 12.1. The fraction of sp³-hybridized carbons (Fsp3) is 0.667. The van der Waals surface area contributed by atoms with Crippen LogP contribution in [0, 0.1) is 0 Å². The highest BCUT2D eigenvalue weighted by Gasteiger charge is 2.22. The van der Waals surface area contributed by atoms with Gasteiger partial charge in [-0.1, -0.05) is 5.21 Å². The molecule has 2 N–H and O–H groups in total. The van der Waals surface area contributed by atoms with Crippen molar-refractivity contribution in [2.24, 2.45) is 5.73 Å². The van der Waals surface area contributed by atoms with Gasteiger partial charge in [-0.15, -0.1) is 5.10 Å². The van der Waals surface area contributed by atoms with Crippen LogP contribution in [0.2, 0.25) is 0 Å². The number of esters is 1. The van der Waals surface area contributed by atoms with Gasteiger partial charge in [-0.3, -0.25) is 14.5 Å². The SMILES string of the molecule is COC(=O)CN1CCN(C(=O)Cn2cc(CN)nn2)CC1. The molecule has 9 nitrogen and oxygen atoms in total. The van der Waals surface area contributed by atoms with Gasteiger partial charge in [-0.05, 0) is 0 Å². The molecule has 1 aliphatic heterocycles. The number of aromatic nitrogens is 3. The molecule has 1 aliphatic rings. The second-order valence-corrected chi connectivity index (χ2v) is 4.84. The quantitative estimate of drug-likeness (QED) is 0.630. The molecule has 1 aromatic rings. The van der Waals surface area contributed by atoms with E-state index in [0.29, 0.717) is 38.4 Å². The highest BCUT2D eigenvalue weighted by atomic mass is 16.5. The Bertz CT molecular complexity index is 495. The number of carbonyl (C=O) groups is 2. The van der Waals surface area contributed by atoms with E-state index in [-0.39, 0.29) is 25.0 Å². The Morgan fingerprint density at radius 1 is 1.29 bits per heavy atom. The third-order valence-corrected chi connectivity index (χ3v) is 3.40. The minimum Gasteiger partial charge on any atom is -0.468 e. The van der Waals surface area contributed by atoms with Crippen LogP contribution in [0.25, 0.3) is 0 Å². The zero-order chi connectivity index (χ0) is 15.2. The predicted molar refractivity (Wildman–Crippen MR) is 72.9 cm³/mol. The monoisotopic (exact) mass is 296 g/mol. The Labute approximate surface area is 122 Å². The number of hydrogen-bond acceptors (Lipinski definition) is 7. The van der Waals surface area contributed by atoms with Crippen molar-refractivity contribution in [3.8, 4) is 0 Å². The molecule has 0 atom stereocenters. The number of amides is 1. The molecule has 0 spiro atoms. The molecular formula is C12H20N6O3. The van der Waals surface area contributed by atoms with Gasteiger partial charge in [-0.2, -0.15) is 0 Å². The Hall–Kier alpha value is -2.00. The van der Waals surface area contributed by atoms with E-state index < -0.39 is 0 Å². The summed E-state index contributed by atoms with van der Waals surface area (Å²) in [4.78, 5) is 27.1. The van der Waals surface area contributed by atoms with Crippen LogP contribution in [0.4, 0.5) is 0 Å². The van der Waals surface area contributed by atoms with E-state index in [1.807, 2.05) is 4.90 Å². The molecule has 9 heteroatoms. The van der Waals surface area contributed by atoms with E-state index in [1.165, 1.54) is 11.8 Å². The lowest BCUT2D eigenvalue weighted by atomic mass is 10.3. The third kappa shape index (κ3) is 4.23. The van der Waals surface area contributed by atoms with Crippen LogP contribution in [-0.2, 0) is 27.4 Å². The van der Waals surface area contributed by atoms with Gasteiger partial charge in [0.25, 0.3) is 0 Å². The van der Waals surface area contributed by atoms with Crippen molar-refractivity contribution in [1.82, 2.24) is 24.8 Å². The molecule has 0 bridgehead atoms. The summed E-state index contributed by atoms with van der Waals surface area (Å²) >= 11 is 0. The highest BCUT2D eigenvalue weighted by Crippen LogP contribution is 2.03. The zero-order valence-electron chi connectivity index (χ0n) is 12.1. The fourth-order valence-electron chi connectivity index (χ4n) is 2.15. The van der Waals surface area contributed by atoms with Gasteiger partial charge in [0.05, 0.1) is 25.5 Å². The lowest BCUT2D eigenvalue weighted by molar-refractivity contribution is -0.142. The van der Waals surface area contributed by atoms with Crippen molar-refractivity contribution in [2.45, 2.75) is 13.1 Å². The van der Waals surface area contributed by atoms with Crippen LogP contribution < -0.4 is 5.73 Å². The second-order valence-electron chi connectivity index (χ2n) is 4.84. The van der Waals surface area contributed by atoms with Crippen LogP contribution in [0.5, 0.6) is 0 Å². The number of carbonyl (C=O) groups excluding carboxylic acids is 2. The molecule has 1 amide bonds. The summed E-state index contributed by atoms with van der Waals surface area (Å²) in [7, 11) is 1.37. The normalized spacial score (nSPS) is 16.0. The summed E-state index contributed by atoms with van der Waals surface area (Å²) in [6, 6.07) is 0. The molecule has 1 fully saturated rings. The fourth-order valence-corrected chi connectivity index (χ4v) is 2.15. The first kappa shape index (κ1) is 15.4. The van der Waals surface area contributed by atoms with Gasteiger partial charge < -0.3 is 15.4 Å². The maximum Gasteiger partial charge on any atom is 0.319 e. The first-order valence-electron chi connectivity index (χ1n) is 6.78. The standard InChI is InChI=1S/C12H20N6O3/c1-21-12(20)9-16-2-4-17(5-3-16)11(19)8-18-7-10(6-13)14-15-18/h7H,2-6,8-9,13H2,1H3. The Morgan fingerprint density at radius 3 is 2.57 bits per heavy atom. The lowest BCUT2D eigenvalue weighted by Crippen LogP contribution is -2.50. The lowest BCUT2D eigenvalue weighted by Gasteiger charge is -2.33. The van der Waals surface area contributed by atoms with Gasteiger partial charge in [0.15, 0.2) is 0 Å². The maximum absolute atomic E-state index is 12.1. The first-order chi connectivity index (χ1) is 10.1. The van der Waals surface area contributed by atoms with Crippen LogP contribution in [0.15, 0.2) is 6.20 Å². The molecule has 21 heavy (non-hydrogen) atoms. The summed E-state index contributed by atoms with van der Waals surface area (Å²) in [5.41, 5.74) is 6.11. The topological polar surface area (TPSA) is 107 Å². The average molecular weight is 296 g/mol. The second kappa shape index (κ2) is 7.14. The third-order valence-electron chi connectivity index (χ3n) is 3.40. The Balaban J connectivity index is 1.78. The molecule has 2 rings (SSSR count). The molecule has 116 valence electrons. The molecule has 0 unspecified atom stereocenters. The number of hydrogen-bond donors (Lipinski definition) is 1. The van der Waals surface area contributed by atoms with Gasteiger partial charge >= 0.3 is 5.97 Å². The van der Waals surface area contributed by atoms with Gasteiger partial charge in [0, 0.05) is 32.7 Å². The van der Waals surface area contributed by atoms with Gasteiger partial charge in [0.1, 0.15) is 6.54 Å². The summed E-state index contributed by atoms with van der Waals surface area (Å²) in [5, 5.41) is 7.70. The van der Waals surface area contributed by atoms with Crippen molar-refractivity contribution in [2.75, 3.05) is 39.8 Å². The highest BCUT2D eigenvalue weighted by molar-refractivity contribution is 5.76. The zero-order valence-corrected chi connectivity index (χ0v) is 12.1. The van der Waals surface area contributed by atoms with Gasteiger partial charge in [0.2, 0.25) is 5.91 Å². The summed E-state index contributed by atoms with van der Waals surface area (Å²) < 4.78 is 6.12. The molecule has 1 saturated heterocycles. The van der Waals surface area contributed by atoms with Crippen molar-refractivity contribution >= 4 is 11.9 Å². The molecule has 0 aromatic carbocycles. The van der Waals surface area contributed by atoms with Crippen molar-refractivity contribution in [3.05, 3.63) is 11.9 Å². The van der Waals surface area contributed by atoms with Crippen LogP contribution in [0.1, 0.15) is 5.69 Å². The molecule has 0 aliphatic carbocycles. The molecule has 0 radical (unpaired) electrons. The van der Waals surface area contributed by atoms with Crippen molar-refractivity contribution in [3.63, 3.8) is 0 Å². The molecule has 2 heterocycles. The number of nitrogens with two attached hydrogens (primary N) is 1. The number of piperazine rings is 1. The largest absolute Gasteiger partial charge is 0.468 e. The van der Waals surface area contributed by atoms with E-state index in [0.717, 1.165) is 0 Å². The van der Waals surface area contributed by atoms with E-state index >= 15 is 0 Å². The van der Waals surface area contributed by atoms with Gasteiger partial charge in [-0.25, -0.2) is 4.68 Å². The van der Waals surface area contributed by atoms with E-state index in [2.05, 4.69) is 15.0 Å². The van der Waals surface area contributed by atoms with Crippen molar-refractivity contribution < 1.29 is 14.3 Å². The Kier molecular flexibility index (Phi) is 5.23. The minimum atomic E-state index is -0.258. The van der Waals surface area contributed by atoms with Crippen LogP contribution in [0.3, 0.4) is 0 Å². The van der Waals surface area contributed by atoms with Crippen molar-refractivity contribution in [1.29, 1.82) is 0 Å². The minimum absolute atomic E-state index is 0.0128. The summed E-state index contributed by atoms with van der Waals surface area (Å²) in [5.74, 6) is -0.270. The number of nitrogens with zero attached hydrogens (tertiary/aromatic N) is 5. The van der Waals surface area contributed by atoms with E-state index in [1.54, 1.807) is 11.1 Å². The molecule has 0 saturated carbocycles. The summed E-state index contributed by atoms with van der Waals surface area (Å²) in [6.07, 6.45) is 1.67. The van der Waals surface area contributed by atoms with Crippen LogP contribution in [-0.4, -0.2) is 76.5 Å². The Morgan fingerprint density at radius 2 is 2.00 bits per heavy atom. The average Bonchev–Trinajstić information content (AvgIpc) is 2.95. The molecular weight excluding hydrogens is 276 g/mol. The van der Waals surface area contributed by atoms with E-state index in [9.17, 15) is 9.59 Å².